The molecule has 0 radical (unpaired) electrons. The Hall–Kier alpha value is -0.960. The van der Waals surface area contributed by atoms with E-state index in [0.29, 0.717) is 5.56 Å². The van der Waals surface area contributed by atoms with Gasteiger partial charge >= 0.3 is 0 Å². The Bertz CT molecular complexity index is 400. The summed E-state index contributed by atoms with van der Waals surface area (Å²) in [6, 6.07) is 6.85. The summed E-state index contributed by atoms with van der Waals surface area (Å²) in [5, 5.41) is 0.730. The molecule has 0 atom stereocenters. The highest BCUT2D eigenvalue weighted by Gasteiger charge is 2.29. The van der Waals surface area contributed by atoms with E-state index in [2.05, 4.69) is 0 Å². The van der Waals surface area contributed by atoms with E-state index in [4.69, 9.17) is 0 Å². The molecule has 0 heterocycles. The van der Waals surface area contributed by atoms with Gasteiger partial charge in [-0.05, 0) is 40.3 Å². The van der Waals surface area contributed by atoms with Crippen molar-refractivity contribution in [1.29, 1.82) is 0 Å². The molecule has 0 amide bonds. The second-order valence-electron chi connectivity index (χ2n) is 3.95. The minimum atomic E-state index is -2.70. The van der Waals surface area contributed by atoms with Crippen LogP contribution in [0.5, 0.6) is 0 Å². The van der Waals surface area contributed by atoms with Crippen LogP contribution < -0.4 is 5.30 Å². The number of carbonyl (C=O) groups is 1. The molecule has 4 nitrogen and oxygen atoms in total. The summed E-state index contributed by atoms with van der Waals surface area (Å²) in [6.07, 6.45) is 0.778. The maximum atomic E-state index is 12.8. The molecule has 0 aliphatic rings. The van der Waals surface area contributed by atoms with Crippen molar-refractivity contribution >= 4 is 19.0 Å². The summed E-state index contributed by atoms with van der Waals surface area (Å²) in [4.78, 5) is 10.5. The number of aldehydes is 1. The molecule has 0 N–H and O–H groups in total. The van der Waals surface area contributed by atoms with Crippen molar-refractivity contribution in [3.8, 4) is 0 Å². The van der Waals surface area contributed by atoms with Gasteiger partial charge in [0, 0.05) is 10.9 Å². The van der Waals surface area contributed by atoms with Crippen LogP contribution in [0.3, 0.4) is 0 Å². The topological polar surface area (TPSA) is 40.6 Å². The molecular weight excluding hydrogens is 223 g/mol. The average Bonchev–Trinajstić information content (AvgIpc) is 2.27. The third-order valence-electron chi connectivity index (χ3n) is 2.45. The fourth-order valence-electron chi connectivity index (χ4n) is 1.57. The van der Waals surface area contributed by atoms with Crippen LogP contribution in [0.15, 0.2) is 24.3 Å². The van der Waals surface area contributed by atoms with Crippen LogP contribution >= 0.6 is 7.44 Å². The molecule has 0 spiro atoms. The third kappa shape index (κ3) is 2.24. The van der Waals surface area contributed by atoms with Crippen LogP contribution in [0.1, 0.15) is 10.4 Å². The molecule has 0 saturated heterocycles. The Kier molecular flexibility index (Phi) is 4.03. The Morgan fingerprint density at radius 1 is 1.00 bits per heavy atom. The van der Waals surface area contributed by atoms with Gasteiger partial charge in [-0.15, -0.1) is 0 Å². The first-order valence-electron chi connectivity index (χ1n) is 4.94. The molecule has 1 rings (SSSR count). The Labute approximate surface area is 96.3 Å². The molecule has 5 heteroatoms. The Morgan fingerprint density at radius 2 is 1.44 bits per heavy atom. The van der Waals surface area contributed by atoms with Crippen molar-refractivity contribution < 1.29 is 9.36 Å². The van der Waals surface area contributed by atoms with Gasteiger partial charge < -0.3 is 0 Å². The van der Waals surface area contributed by atoms with E-state index in [-0.39, 0.29) is 0 Å². The highest BCUT2D eigenvalue weighted by Crippen LogP contribution is 2.47. The Balaban J connectivity index is 3.22. The van der Waals surface area contributed by atoms with Crippen molar-refractivity contribution in [2.45, 2.75) is 0 Å². The van der Waals surface area contributed by atoms with Gasteiger partial charge in [0.2, 0.25) is 7.44 Å². The average molecular weight is 240 g/mol. The zero-order chi connectivity index (χ0) is 12.3. The Morgan fingerprint density at radius 3 is 1.75 bits per heavy atom. The zero-order valence-electron chi connectivity index (χ0n) is 10.0. The van der Waals surface area contributed by atoms with Crippen molar-refractivity contribution in [3.05, 3.63) is 29.8 Å². The largest absolute Gasteiger partial charge is 0.298 e. The first-order chi connectivity index (χ1) is 7.42. The molecule has 0 unspecified atom stereocenters. The fraction of sp³-hybridized carbons (Fsp3) is 0.364. The van der Waals surface area contributed by atoms with Gasteiger partial charge in [-0.2, -0.15) is 0 Å². The minimum absolute atomic E-state index is 0.591. The van der Waals surface area contributed by atoms with Gasteiger partial charge in [0.25, 0.3) is 0 Å². The van der Waals surface area contributed by atoms with E-state index in [1.807, 2.05) is 0 Å². The predicted molar refractivity (Wildman–Crippen MR) is 66.4 cm³/mol. The third-order valence-corrected chi connectivity index (χ3v) is 5.59. The fourth-order valence-corrected chi connectivity index (χ4v) is 3.74. The highest BCUT2D eigenvalue weighted by atomic mass is 31.2. The molecule has 0 aromatic heterocycles. The summed E-state index contributed by atoms with van der Waals surface area (Å²) in [7, 11) is 4.45. The summed E-state index contributed by atoms with van der Waals surface area (Å²) in [5.41, 5.74) is 0.591. The molecular formula is C11H17N2O2P. The van der Waals surface area contributed by atoms with Gasteiger partial charge in [-0.1, -0.05) is 12.1 Å². The van der Waals surface area contributed by atoms with Gasteiger partial charge in [-0.25, -0.2) is 9.34 Å². The van der Waals surface area contributed by atoms with Crippen LogP contribution in [0, 0.1) is 0 Å². The molecule has 0 aliphatic heterocycles. The first-order valence-corrected chi connectivity index (χ1v) is 6.55. The monoisotopic (exact) mass is 240 g/mol. The lowest BCUT2D eigenvalue weighted by Gasteiger charge is -2.30. The quantitative estimate of drug-likeness (QED) is 0.590. The molecule has 0 aliphatic carbocycles. The van der Waals surface area contributed by atoms with Crippen LogP contribution in [0.2, 0.25) is 0 Å². The lowest BCUT2D eigenvalue weighted by Crippen LogP contribution is -2.28. The SMILES string of the molecule is CN(C)P(=O)(c1ccc(C=O)cc1)N(C)C. The van der Waals surface area contributed by atoms with Crippen LogP contribution in [-0.4, -0.2) is 43.8 Å². The summed E-state index contributed by atoms with van der Waals surface area (Å²) in [5.74, 6) is 0. The summed E-state index contributed by atoms with van der Waals surface area (Å²) in [6.45, 7) is 0. The van der Waals surface area contributed by atoms with Gasteiger partial charge in [-0.3, -0.25) is 9.36 Å². The number of benzene rings is 1. The normalized spacial score (nSPS) is 12.1. The molecule has 0 fully saturated rings. The maximum Gasteiger partial charge on any atom is 0.244 e. The van der Waals surface area contributed by atoms with Crippen molar-refractivity contribution in [3.63, 3.8) is 0 Å². The van der Waals surface area contributed by atoms with E-state index in [9.17, 15) is 9.36 Å². The molecule has 88 valence electrons. The van der Waals surface area contributed by atoms with Crippen molar-refractivity contribution in [2.75, 3.05) is 28.2 Å². The number of hydrogen-bond donors (Lipinski definition) is 0. The van der Waals surface area contributed by atoms with Crippen LogP contribution in [0.25, 0.3) is 0 Å². The predicted octanol–water partition coefficient (Wildman–Crippen LogP) is 1.44. The standard InChI is InChI=1S/C11H17N2O2P/c1-12(2)16(15,13(3)4)11-7-5-10(9-14)6-8-11/h5-9H,1-4H3. The first kappa shape index (κ1) is 13.1. The van der Waals surface area contributed by atoms with Gasteiger partial charge in [0.1, 0.15) is 6.29 Å². The number of nitrogens with zero attached hydrogens (tertiary/aromatic N) is 2. The van der Waals surface area contributed by atoms with E-state index in [0.717, 1.165) is 11.6 Å². The van der Waals surface area contributed by atoms with Crippen LogP contribution in [0.4, 0.5) is 0 Å². The second-order valence-corrected chi connectivity index (χ2v) is 7.15. The van der Waals surface area contributed by atoms with E-state index >= 15 is 0 Å². The highest BCUT2D eigenvalue weighted by molar-refractivity contribution is 7.66. The van der Waals surface area contributed by atoms with Gasteiger partial charge in [0.15, 0.2) is 0 Å². The zero-order valence-corrected chi connectivity index (χ0v) is 10.9. The summed E-state index contributed by atoms with van der Waals surface area (Å²) >= 11 is 0. The number of hydrogen-bond acceptors (Lipinski definition) is 2. The van der Waals surface area contributed by atoms with Crippen molar-refractivity contribution in [2.24, 2.45) is 0 Å². The van der Waals surface area contributed by atoms with Gasteiger partial charge in [0.05, 0.1) is 0 Å². The molecule has 16 heavy (non-hydrogen) atoms. The molecule has 0 bridgehead atoms. The summed E-state index contributed by atoms with van der Waals surface area (Å²) < 4.78 is 16.2. The molecule has 1 aromatic rings. The minimum Gasteiger partial charge on any atom is -0.298 e. The lowest BCUT2D eigenvalue weighted by molar-refractivity contribution is 0.112. The molecule has 1 aromatic carbocycles. The second kappa shape index (κ2) is 4.91. The van der Waals surface area contributed by atoms with E-state index < -0.39 is 7.44 Å². The van der Waals surface area contributed by atoms with E-state index in [1.165, 1.54) is 0 Å². The van der Waals surface area contributed by atoms with Crippen molar-refractivity contribution in [1.82, 2.24) is 9.34 Å². The molecule has 0 saturated carbocycles. The smallest absolute Gasteiger partial charge is 0.244 e. The number of rotatable bonds is 4. The van der Waals surface area contributed by atoms with E-state index in [1.54, 1.807) is 61.8 Å². The van der Waals surface area contributed by atoms with Crippen LogP contribution in [-0.2, 0) is 4.57 Å². The maximum absolute atomic E-state index is 12.8. The lowest BCUT2D eigenvalue weighted by atomic mass is 10.2. The number of carbonyl (C=O) groups excluding carboxylic acids is 1.